The molecule has 0 aromatic carbocycles. The van der Waals surface area contributed by atoms with E-state index in [2.05, 4.69) is 14.9 Å². The van der Waals surface area contributed by atoms with Crippen LogP contribution in [0.15, 0.2) is 0 Å². The minimum Gasteiger partial charge on any atom is -0.313 e. The molecule has 1 atom stereocenters. The molecule has 2 rings (SSSR count). The second kappa shape index (κ2) is 5.54. The van der Waals surface area contributed by atoms with Gasteiger partial charge in [-0.25, -0.2) is 0 Å². The van der Waals surface area contributed by atoms with Crippen LogP contribution in [0.25, 0.3) is 0 Å². The van der Waals surface area contributed by atoms with Crippen molar-refractivity contribution >= 4 is 10.2 Å². The highest BCUT2D eigenvalue weighted by Gasteiger charge is 2.42. The maximum Gasteiger partial charge on any atom is 0.393 e. The molecule has 21 heavy (non-hydrogen) atoms. The molecule has 11 heteroatoms. The topological polar surface area (TPSA) is 80.1 Å². The molecule has 2 heterocycles. The lowest BCUT2D eigenvalue weighted by Crippen LogP contribution is -2.37. The molecule has 7 nitrogen and oxygen atoms in total. The van der Waals surface area contributed by atoms with E-state index in [4.69, 9.17) is 0 Å². The zero-order valence-electron chi connectivity index (χ0n) is 11.6. The van der Waals surface area contributed by atoms with Gasteiger partial charge >= 0.3 is 6.18 Å². The molecular weight excluding hydrogens is 311 g/mol. The molecular formula is C10H16F3N5O2S. The number of nitrogens with one attached hydrogen (secondary N) is 1. The number of aryl methyl sites for hydroxylation is 1. The number of alkyl halides is 3. The molecule has 0 spiro atoms. The number of hydrogen-bond acceptors (Lipinski definition) is 4. The highest BCUT2D eigenvalue weighted by molar-refractivity contribution is 7.87. The first-order valence-electron chi connectivity index (χ1n) is 6.26. The third-order valence-electron chi connectivity index (χ3n) is 3.38. The standard InChI is InChI=1S/C10H16F3N5O2S/c1-17(2)21(19,20)14-5-9-16-15-8-4-3-7(6-18(8)9)10(11,12)13/h7,14H,3-6H2,1-2H3/t7-/m0/s1. The Bertz CT molecular complexity index is 611. The van der Waals surface area contributed by atoms with Crippen LogP contribution in [0.2, 0.25) is 0 Å². The summed E-state index contributed by atoms with van der Waals surface area (Å²) < 4.78 is 66.1. The van der Waals surface area contributed by atoms with E-state index < -0.39 is 22.3 Å². The fraction of sp³-hybridized carbons (Fsp3) is 0.800. The second-order valence-electron chi connectivity index (χ2n) is 5.03. The summed E-state index contributed by atoms with van der Waals surface area (Å²) in [6.07, 6.45) is -4.12. The molecule has 0 radical (unpaired) electrons. The van der Waals surface area contributed by atoms with Crippen LogP contribution < -0.4 is 4.72 Å². The molecule has 1 aromatic rings. The average molecular weight is 327 g/mol. The number of fused-ring (bicyclic) bond motifs is 1. The van der Waals surface area contributed by atoms with Crippen LogP contribution in [0.4, 0.5) is 13.2 Å². The lowest BCUT2D eigenvalue weighted by atomic mass is 9.99. The van der Waals surface area contributed by atoms with Gasteiger partial charge in [-0.2, -0.15) is 30.6 Å². The van der Waals surface area contributed by atoms with E-state index in [1.54, 1.807) is 0 Å². The van der Waals surface area contributed by atoms with Gasteiger partial charge in [0.2, 0.25) is 0 Å². The Hall–Kier alpha value is -1.20. The molecule has 1 aliphatic rings. The summed E-state index contributed by atoms with van der Waals surface area (Å²) in [5, 5.41) is 7.59. The SMILES string of the molecule is CN(C)S(=O)(=O)NCc1nnc2n1C[C@@H](C(F)(F)F)CC2. The number of hydrogen-bond donors (Lipinski definition) is 1. The van der Waals surface area contributed by atoms with E-state index in [1.807, 2.05) is 0 Å². The molecule has 120 valence electrons. The Morgan fingerprint density at radius 1 is 1.38 bits per heavy atom. The Morgan fingerprint density at radius 3 is 2.62 bits per heavy atom. The zero-order valence-corrected chi connectivity index (χ0v) is 12.4. The lowest BCUT2D eigenvalue weighted by Gasteiger charge is -2.26. The van der Waals surface area contributed by atoms with E-state index in [-0.39, 0.29) is 31.8 Å². The first kappa shape index (κ1) is 16.2. The van der Waals surface area contributed by atoms with Crippen LogP contribution in [0, 0.1) is 5.92 Å². The van der Waals surface area contributed by atoms with E-state index in [0.29, 0.717) is 5.82 Å². The number of nitrogens with zero attached hydrogens (tertiary/aromatic N) is 4. The Kier molecular flexibility index (Phi) is 4.26. The van der Waals surface area contributed by atoms with Crippen LogP contribution in [-0.4, -0.2) is 47.8 Å². The molecule has 1 aliphatic heterocycles. The van der Waals surface area contributed by atoms with Gasteiger partial charge in [-0.3, -0.25) is 0 Å². The van der Waals surface area contributed by atoms with Crippen molar-refractivity contribution in [2.45, 2.75) is 32.1 Å². The fourth-order valence-electron chi connectivity index (χ4n) is 2.07. The highest BCUT2D eigenvalue weighted by atomic mass is 32.2. The predicted molar refractivity (Wildman–Crippen MR) is 67.3 cm³/mol. The molecule has 0 bridgehead atoms. The summed E-state index contributed by atoms with van der Waals surface area (Å²) in [5.41, 5.74) is 0. The Morgan fingerprint density at radius 2 is 2.05 bits per heavy atom. The van der Waals surface area contributed by atoms with Crippen molar-refractivity contribution < 1.29 is 21.6 Å². The van der Waals surface area contributed by atoms with Gasteiger partial charge in [0.25, 0.3) is 10.2 Å². The monoisotopic (exact) mass is 327 g/mol. The fourth-order valence-corrected chi connectivity index (χ4v) is 2.64. The minimum atomic E-state index is -4.28. The second-order valence-corrected chi connectivity index (χ2v) is 7.00. The van der Waals surface area contributed by atoms with E-state index in [9.17, 15) is 21.6 Å². The Balaban J connectivity index is 2.13. The molecule has 0 saturated carbocycles. The highest BCUT2D eigenvalue weighted by Crippen LogP contribution is 2.34. The third kappa shape index (κ3) is 3.52. The summed E-state index contributed by atoms with van der Waals surface area (Å²) in [7, 11) is -0.966. The zero-order chi connectivity index (χ0) is 15.8. The van der Waals surface area contributed by atoms with Gasteiger partial charge in [0.15, 0.2) is 0 Å². The van der Waals surface area contributed by atoms with Crippen LogP contribution in [0.3, 0.4) is 0 Å². The largest absolute Gasteiger partial charge is 0.393 e. The summed E-state index contributed by atoms with van der Waals surface area (Å²) >= 11 is 0. The van der Waals surface area contributed by atoms with Crippen LogP contribution in [0.5, 0.6) is 0 Å². The van der Waals surface area contributed by atoms with Gasteiger partial charge in [-0.1, -0.05) is 0 Å². The normalized spacial score (nSPS) is 19.8. The van der Waals surface area contributed by atoms with Crippen molar-refractivity contribution in [3.05, 3.63) is 11.6 Å². The molecule has 0 aliphatic carbocycles. The van der Waals surface area contributed by atoms with Gasteiger partial charge in [0.05, 0.1) is 12.5 Å². The quantitative estimate of drug-likeness (QED) is 0.862. The summed E-state index contributed by atoms with van der Waals surface area (Å²) in [6, 6.07) is 0. The van der Waals surface area contributed by atoms with Crippen LogP contribution >= 0.6 is 0 Å². The van der Waals surface area contributed by atoms with E-state index in [0.717, 1.165) is 4.31 Å². The minimum absolute atomic E-state index is 0.0228. The first-order valence-corrected chi connectivity index (χ1v) is 7.70. The van der Waals surface area contributed by atoms with Gasteiger partial charge in [0, 0.05) is 27.1 Å². The van der Waals surface area contributed by atoms with Gasteiger partial charge in [0.1, 0.15) is 11.6 Å². The van der Waals surface area contributed by atoms with E-state index >= 15 is 0 Å². The van der Waals surface area contributed by atoms with Crippen molar-refractivity contribution in [3.63, 3.8) is 0 Å². The molecule has 0 saturated heterocycles. The molecule has 1 aromatic heterocycles. The van der Waals surface area contributed by atoms with Crippen molar-refractivity contribution in [3.8, 4) is 0 Å². The van der Waals surface area contributed by atoms with E-state index in [1.165, 1.54) is 18.7 Å². The summed E-state index contributed by atoms with van der Waals surface area (Å²) in [6.45, 7) is -0.469. The summed E-state index contributed by atoms with van der Waals surface area (Å²) in [5.74, 6) is -0.816. The lowest BCUT2D eigenvalue weighted by molar-refractivity contribution is -0.182. The predicted octanol–water partition coefficient (Wildman–Crippen LogP) is 0.299. The number of halogens is 3. The smallest absolute Gasteiger partial charge is 0.313 e. The van der Waals surface area contributed by atoms with Crippen molar-refractivity contribution in [1.82, 2.24) is 23.8 Å². The molecule has 0 amide bonds. The van der Waals surface area contributed by atoms with Crippen LogP contribution in [-0.2, 0) is 29.7 Å². The number of rotatable bonds is 4. The molecule has 0 fully saturated rings. The molecule has 0 unspecified atom stereocenters. The number of aromatic nitrogens is 3. The van der Waals surface area contributed by atoms with Gasteiger partial charge in [-0.15, -0.1) is 10.2 Å². The average Bonchev–Trinajstić information content (AvgIpc) is 2.77. The Labute approximate surface area is 120 Å². The third-order valence-corrected chi connectivity index (χ3v) is 4.85. The van der Waals surface area contributed by atoms with Gasteiger partial charge in [-0.05, 0) is 6.42 Å². The van der Waals surface area contributed by atoms with Crippen molar-refractivity contribution in [1.29, 1.82) is 0 Å². The van der Waals surface area contributed by atoms with Crippen molar-refractivity contribution in [2.75, 3.05) is 14.1 Å². The maximum absolute atomic E-state index is 12.8. The summed E-state index contributed by atoms with van der Waals surface area (Å²) in [4.78, 5) is 0. The molecule has 1 N–H and O–H groups in total. The van der Waals surface area contributed by atoms with Gasteiger partial charge < -0.3 is 4.57 Å². The van der Waals surface area contributed by atoms with Crippen LogP contribution in [0.1, 0.15) is 18.1 Å². The van der Waals surface area contributed by atoms with Crippen molar-refractivity contribution in [2.24, 2.45) is 5.92 Å². The first-order chi connectivity index (χ1) is 9.61. The maximum atomic E-state index is 12.8.